The third-order valence-corrected chi connectivity index (χ3v) is 3.67. The second kappa shape index (κ2) is 4.74. The third kappa shape index (κ3) is 2.43. The van der Waals surface area contributed by atoms with Crippen LogP contribution in [0.4, 0.5) is 5.69 Å². The Morgan fingerprint density at radius 1 is 1.37 bits per heavy atom. The molecule has 6 heteroatoms. The molecule has 0 aliphatic heterocycles. The van der Waals surface area contributed by atoms with Gasteiger partial charge in [-0.15, -0.1) is 11.3 Å². The predicted octanol–water partition coefficient (Wildman–Crippen LogP) is 3.29. The highest BCUT2D eigenvalue weighted by molar-refractivity contribution is 7.17. The van der Waals surface area contributed by atoms with E-state index in [1.807, 2.05) is 25.1 Å². The Morgan fingerprint density at radius 2 is 2.26 bits per heavy atom. The fourth-order valence-corrected chi connectivity index (χ4v) is 2.53. The number of hydrogen-bond acceptors (Lipinski definition) is 4. The molecule has 0 aliphatic rings. The minimum atomic E-state index is -0.152. The van der Waals surface area contributed by atoms with E-state index in [2.05, 4.69) is 15.5 Å². The van der Waals surface area contributed by atoms with Crippen LogP contribution in [0.1, 0.15) is 15.4 Å². The molecular weight excluding hydrogens is 262 g/mol. The monoisotopic (exact) mass is 273 g/mol. The van der Waals surface area contributed by atoms with Crippen molar-refractivity contribution in [2.75, 3.05) is 5.32 Å². The smallest absolute Gasteiger partial charge is 0.265 e. The summed E-state index contributed by atoms with van der Waals surface area (Å²) in [6.07, 6.45) is 3.19. The van der Waals surface area contributed by atoms with Gasteiger partial charge in [-0.1, -0.05) is 0 Å². The number of aryl methyl sites for hydroxylation is 1. The molecule has 0 fully saturated rings. The van der Waals surface area contributed by atoms with Crippen molar-refractivity contribution >= 4 is 22.9 Å². The second-order valence-corrected chi connectivity index (χ2v) is 5.10. The molecule has 0 aromatic carbocycles. The van der Waals surface area contributed by atoms with Gasteiger partial charge in [-0.25, -0.2) is 0 Å². The molecule has 0 bridgehead atoms. The van der Waals surface area contributed by atoms with Crippen LogP contribution in [-0.2, 0) is 0 Å². The van der Waals surface area contributed by atoms with Gasteiger partial charge >= 0.3 is 0 Å². The summed E-state index contributed by atoms with van der Waals surface area (Å²) in [4.78, 5) is 13.6. The van der Waals surface area contributed by atoms with Crippen LogP contribution in [0.5, 0.6) is 0 Å². The van der Waals surface area contributed by atoms with Gasteiger partial charge in [0.2, 0.25) is 0 Å². The molecule has 1 amide bonds. The first kappa shape index (κ1) is 11.7. The zero-order valence-corrected chi connectivity index (χ0v) is 11.0. The van der Waals surface area contributed by atoms with E-state index < -0.39 is 0 Å². The second-order valence-electron chi connectivity index (χ2n) is 4.02. The zero-order valence-electron chi connectivity index (χ0n) is 10.1. The normalized spacial score (nSPS) is 10.6. The van der Waals surface area contributed by atoms with E-state index in [0.717, 1.165) is 16.4 Å². The van der Waals surface area contributed by atoms with Crippen molar-refractivity contribution in [3.05, 3.63) is 47.3 Å². The van der Waals surface area contributed by atoms with Crippen molar-refractivity contribution in [1.82, 2.24) is 10.2 Å². The summed E-state index contributed by atoms with van der Waals surface area (Å²) in [5, 5.41) is 9.17. The number of hydrogen-bond donors (Lipinski definition) is 2. The Bertz CT molecular complexity index is 697. The number of nitrogens with one attached hydrogen (secondary N) is 2. The van der Waals surface area contributed by atoms with E-state index in [0.29, 0.717) is 10.6 Å². The highest BCUT2D eigenvalue weighted by Gasteiger charge is 2.12. The van der Waals surface area contributed by atoms with Gasteiger partial charge in [0.15, 0.2) is 0 Å². The molecule has 0 spiro atoms. The van der Waals surface area contributed by atoms with E-state index >= 15 is 0 Å². The summed E-state index contributed by atoms with van der Waals surface area (Å²) in [6, 6.07) is 7.47. The largest absolute Gasteiger partial charge is 0.461 e. The Hall–Kier alpha value is -2.34. The van der Waals surface area contributed by atoms with Crippen molar-refractivity contribution < 1.29 is 9.21 Å². The number of H-pyrrole nitrogens is 1. The maximum absolute atomic E-state index is 12.0. The summed E-state index contributed by atoms with van der Waals surface area (Å²) in [7, 11) is 0. The first-order chi connectivity index (χ1) is 9.22. The minimum absolute atomic E-state index is 0.152. The Morgan fingerprint density at radius 3 is 2.95 bits per heavy atom. The lowest BCUT2D eigenvalue weighted by Crippen LogP contribution is -2.09. The molecule has 0 radical (unpaired) electrons. The molecule has 5 nitrogen and oxygen atoms in total. The van der Waals surface area contributed by atoms with Gasteiger partial charge in [-0.3, -0.25) is 9.89 Å². The lowest BCUT2D eigenvalue weighted by atomic mass is 10.3. The van der Waals surface area contributed by atoms with Crippen LogP contribution in [0.15, 0.2) is 41.1 Å². The fourth-order valence-electron chi connectivity index (χ4n) is 1.67. The first-order valence-corrected chi connectivity index (χ1v) is 6.51. The average molecular weight is 273 g/mol. The maximum atomic E-state index is 12.0. The van der Waals surface area contributed by atoms with Crippen LogP contribution >= 0.6 is 11.3 Å². The summed E-state index contributed by atoms with van der Waals surface area (Å²) < 4.78 is 5.53. The topological polar surface area (TPSA) is 70.9 Å². The number of nitrogens with zero attached hydrogens (tertiary/aromatic N) is 1. The van der Waals surface area contributed by atoms with Crippen LogP contribution in [0.2, 0.25) is 0 Å². The van der Waals surface area contributed by atoms with Gasteiger partial charge in [0.05, 0.1) is 21.6 Å². The molecule has 3 aromatic rings. The van der Waals surface area contributed by atoms with E-state index in [4.69, 9.17) is 4.42 Å². The molecule has 3 aromatic heterocycles. The number of anilines is 1. The van der Waals surface area contributed by atoms with Crippen LogP contribution < -0.4 is 5.32 Å². The fraction of sp³-hybridized carbons (Fsp3) is 0.0769. The van der Waals surface area contributed by atoms with Crippen molar-refractivity contribution in [3.63, 3.8) is 0 Å². The number of thiophene rings is 1. The molecule has 0 saturated carbocycles. The summed E-state index contributed by atoms with van der Waals surface area (Å²) >= 11 is 1.39. The molecule has 0 aliphatic carbocycles. The molecule has 19 heavy (non-hydrogen) atoms. The predicted molar refractivity (Wildman–Crippen MR) is 73.3 cm³/mol. The minimum Gasteiger partial charge on any atom is -0.461 e. The molecule has 0 unspecified atom stereocenters. The van der Waals surface area contributed by atoms with Crippen molar-refractivity contribution in [2.24, 2.45) is 0 Å². The number of rotatable bonds is 3. The Kier molecular flexibility index (Phi) is 2.92. The number of carbonyl (C=O) groups excluding carboxylic acids is 1. The summed E-state index contributed by atoms with van der Waals surface area (Å²) in [6.45, 7) is 1.89. The van der Waals surface area contributed by atoms with Crippen LogP contribution in [0, 0.1) is 6.92 Å². The van der Waals surface area contributed by atoms with E-state index in [-0.39, 0.29) is 5.91 Å². The lowest BCUT2D eigenvalue weighted by molar-refractivity contribution is 0.103. The molecule has 0 atom stereocenters. The van der Waals surface area contributed by atoms with Gasteiger partial charge in [0.25, 0.3) is 5.91 Å². The molecule has 0 saturated heterocycles. The third-order valence-electron chi connectivity index (χ3n) is 2.57. The maximum Gasteiger partial charge on any atom is 0.265 e. The number of amides is 1. The van der Waals surface area contributed by atoms with E-state index in [1.165, 1.54) is 11.3 Å². The Labute approximate surface area is 113 Å². The first-order valence-electron chi connectivity index (χ1n) is 5.69. The van der Waals surface area contributed by atoms with Gasteiger partial charge in [-0.2, -0.15) is 5.10 Å². The van der Waals surface area contributed by atoms with Gasteiger partial charge in [0.1, 0.15) is 11.5 Å². The van der Waals surface area contributed by atoms with Crippen LogP contribution in [-0.4, -0.2) is 16.1 Å². The number of aromatic amines is 1. The van der Waals surface area contributed by atoms with E-state index in [1.54, 1.807) is 18.5 Å². The van der Waals surface area contributed by atoms with Crippen molar-refractivity contribution in [1.29, 1.82) is 0 Å². The van der Waals surface area contributed by atoms with Crippen LogP contribution in [0.3, 0.4) is 0 Å². The molecule has 2 N–H and O–H groups in total. The number of carbonyl (C=O) groups is 1. The molecule has 96 valence electrons. The zero-order chi connectivity index (χ0) is 13.2. The number of furan rings is 1. The van der Waals surface area contributed by atoms with Crippen molar-refractivity contribution in [3.8, 4) is 10.6 Å². The standard InChI is InChI=1S/C13H11N3O2S/c1-8-2-3-10(18-8)11-4-5-12(19-11)13(17)16-9-6-14-15-7-9/h2-7H,1H3,(H,14,15)(H,16,17). The summed E-state index contributed by atoms with van der Waals surface area (Å²) in [5.41, 5.74) is 0.647. The van der Waals surface area contributed by atoms with E-state index in [9.17, 15) is 4.79 Å². The number of aromatic nitrogens is 2. The molecule has 3 heterocycles. The molecule has 3 rings (SSSR count). The SMILES string of the molecule is Cc1ccc(-c2ccc(C(=O)Nc3cn[nH]c3)s2)o1. The lowest BCUT2D eigenvalue weighted by Gasteiger charge is -1.98. The van der Waals surface area contributed by atoms with Crippen LogP contribution in [0.25, 0.3) is 10.6 Å². The average Bonchev–Trinajstić information content (AvgIpc) is 3.07. The van der Waals surface area contributed by atoms with Crippen molar-refractivity contribution in [2.45, 2.75) is 6.92 Å². The quantitative estimate of drug-likeness (QED) is 0.769. The highest BCUT2D eigenvalue weighted by atomic mass is 32.1. The van der Waals surface area contributed by atoms with Gasteiger partial charge in [0, 0.05) is 6.20 Å². The molecular formula is C13H11N3O2S. The van der Waals surface area contributed by atoms with Gasteiger partial charge in [-0.05, 0) is 31.2 Å². The van der Waals surface area contributed by atoms with Gasteiger partial charge < -0.3 is 9.73 Å². The highest BCUT2D eigenvalue weighted by Crippen LogP contribution is 2.29. The summed E-state index contributed by atoms with van der Waals surface area (Å²) in [5.74, 6) is 1.48. The Balaban J connectivity index is 1.79.